The fourth-order valence-electron chi connectivity index (χ4n) is 1.17. The van der Waals surface area contributed by atoms with Crippen molar-refractivity contribution in [3.63, 3.8) is 0 Å². The number of allylic oxidation sites excluding steroid dienone is 2. The monoisotopic (exact) mass is 154 g/mol. The predicted octanol–water partition coefficient (Wildman–Crippen LogP) is 4.17. The van der Waals surface area contributed by atoms with E-state index >= 15 is 0 Å². The van der Waals surface area contributed by atoms with E-state index in [1.807, 2.05) is 0 Å². The molecule has 0 aromatic rings. The van der Waals surface area contributed by atoms with E-state index in [2.05, 4.69) is 32.9 Å². The average Bonchev–Trinajstić information content (AvgIpc) is 2.01. The van der Waals surface area contributed by atoms with Gasteiger partial charge in [-0.05, 0) is 18.8 Å². The lowest BCUT2D eigenvalue weighted by molar-refractivity contribution is 0.511. The second-order valence-corrected chi connectivity index (χ2v) is 3.36. The third-order valence-electron chi connectivity index (χ3n) is 1.99. The van der Waals surface area contributed by atoms with Gasteiger partial charge in [0.15, 0.2) is 0 Å². The van der Waals surface area contributed by atoms with E-state index in [0.29, 0.717) is 0 Å². The maximum atomic E-state index is 2.34. The molecule has 0 radical (unpaired) electrons. The molecule has 0 nitrogen and oxygen atoms in total. The van der Waals surface area contributed by atoms with Gasteiger partial charge in [-0.2, -0.15) is 0 Å². The summed E-state index contributed by atoms with van der Waals surface area (Å²) in [7, 11) is 0. The normalized spacial score (nSPS) is 14.1. The summed E-state index contributed by atoms with van der Waals surface area (Å²) in [4.78, 5) is 0. The average molecular weight is 154 g/mol. The molecule has 0 aromatic carbocycles. The van der Waals surface area contributed by atoms with Crippen LogP contribution < -0.4 is 0 Å². The Morgan fingerprint density at radius 3 is 2.45 bits per heavy atom. The summed E-state index contributed by atoms with van der Waals surface area (Å²) in [5.41, 5.74) is 0. The number of unbranched alkanes of at least 4 members (excludes halogenated alkanes) is 1. The van der Waals surface area contributed by atoms with Crippen LogP contribution >= 0.6 is 0 Å². The molecule has 1 unspecified atom stereocenters. The second-order valence-electron chi connectivity index (χ2n) is 3.36. The van der Waals surface area contributed by atoms with Crippen LogP contribution in [0, 0.1) is 5.92 Å². The summed E-state index contributed by atoms with van der Waals surface area (Å²) in [5.74, 6) is 0.887. The minimum atomic E-state index is 0.887. The van der Waals surface area contributed by atoms with Gasteiger partial charge in [0.25, 0.3) is 0 Å². The van der Waals surface area contributed by atoms with Crippen LogP contribution in [0.4, 0.5) is 0 Å². The third-order valence-corrected chi connectivity index (χ3v) is 1.99. The van der Waals surface area contributed by atoms with Crippen molar-refractivity contribution in [2.45, 2.75) is 52.9 Å². The van der Waals surface area contributed by atoms with E-state index in [1.54, 1.807) is 0 Å². The fourth-order valence-corrected chi connectivity index (χ4v) is 1.17. The van der Waals surface area contributed by atoms with Crippen LogP contribution in [0.3, 0.4) is 0 Å². The lowest BCUT2D eigenvalue weighted by Crippen LogP contribution is -1.91. The van der Waals surface area contributed by atoms with E-state index in [0.717, 1.165) is 5.92 Å². The van der Waals surface area contributed by atoms with Crippen LogP contribution in [0.25, 0.3) is 0 Å². The summed E-state index contributed by atoms with van der Waals surface area (Å²) in [5, 5.41) is 0. The van der Waals surface area contributed by atoms with E-state index in [-0.39, 0.29) is 0 Å². The Hall–Kier alpha value is -0.260. The minimum Gasteiger partial charge on any atom is -0.0888 e. The van der Waals surface area contributed by atoms with Crippen molar-refractivity contribution in [3.8, 4) is 0 Å². The molecular formula is C11H22. The van der Waals surface area contributed by atoms with Crippen molar-refractivity contribution in [2.24, 2.45) is 5.92 Å². The van der Waals surface area contributed by atoms with Crippen molar-refractivity contribution in [1.82, 2.24) is 0 Å². The molecule has 0 spiro atoms. The second kappa shape index (κ2) is 7.84. The Kier molecular flexibility index (Phi) is 7.66. The van der Waals surface area contributed by atoms with E-state index < -0.39 is 0 Å². The van der Waals surface area contributed by atoms with Crippen LogP contribution in [0.5, 0.6) is 0 Å². The smallest absolute Gasteiger partial charge is 0.0325 e. The topological polar surface area (TPSA) is 0 Å². The first-order valence-corrected chi connectivity index (χ1v) is 4.96. The Labute approximate surface area is 71.7 Å². The first-order chi connectivity index (χ1) is 5.31. The van der Waals surface area contributed by atoms with Gasteiger partial charge in [-0.3, -0.25) is 0 Å². The van der Waals surface area contributed by atoms with Gasteiger partial charge in [-0.1, -0.05) is 52.2 Å². The Morgan fingerprint density at radius 2 is 1.91 bits per heavy atom. The molecule has 11 heavy (non-hydrogen) atoms. The van der Waals surface area contributed by atoms with Gasteiger partial charge in [0.2, 0.25) is 0 Å². The van der Waals surface area contributed by atoms with Crippen LogP contribution in [-0.2, 0) is 0 Å². The van der Waals surface area contributed by atoms with Gasteiger partial charge in [0.1, 0.15) is 0 Å². The number of hydrogen-bond donors (Lipinski definition) is 0. The molecule has 0 bridgehead atoms. The highest BCUT2D eigenvalue weighted by Crippen LogP contribution is 2.11. The van der Waals surface area contributed by atoms with Crippen LogP contribution in [0.1, 0.15) is 52.9 Å². The summed E-state index contributed by atoms with van der Waals surface area (Å²) in [6, 6.07) is 0. The van der Waals surface area contributed by atoms with Crippen molar-refractivity contribution < 1.29 is 0 Å². The first-order valence-electron chi connectivity index (χ1n) is 4.96. The standard InChI is InChI=1S/C11H22/c1-4-6-8-10-11(3)9-7-5-2/h6,8,11H,4-5,7,9-10H2,1-3H3. The highest BCUT2D eigenvalue weighted by molar-refractivity contribution is 4.81. The van der Waals surface area contributed by atoms with E-state index in [4.69, 9.17) is 0 Å². The molecule has 0 saturated heterocycles. The Morgan fingerprint density at radius 1 is 1.18 bits per heavy atom. The molecule has 0 aromatic heterocycles. The predicted molar refractivity (Wildman–Crippen MR) is 52.7 cm³/mol. The maximum absolute atomic E-state index is 2.34. The van der Waals surface area contributed by atoms with Gasteiger partial charge in [0.05, 0.1) is 0 Å². The number of rotatable bonds is 6. The molecule has 0 fully saturated rings. The van der Waals surface area contributed by atoms with Gasteiger partial charge in [-0.15, -0.1) is 0 Å². The molecular weight excluding hydrogens is 132 g/mol. The lowest BCUT2D eigenvalue weighted by atomic mass is 10.0. The largest absolute Gasteiger partial charge is 0.0888 e. The SMILES string of the molecule is CCC=CCC(C)CCCC. The molecule has 0 N–H and O–H groups in total. The first kappa shape index (κ1) is 10.7. The third kappa shape index (κ3) is 7.64. The molecule has 0 aliphatic rings. The van der Waals surface area contributed by atoms with Gasteiger partial charge in [-0.25, -0.2) is 0 Å². The number of hydrogen-bond acceptors (Lipinski definition) is 0. The molecule has 0 heterocycles. The molecule has 0 saturated carbocycles. The molecule has 0 aliphatic heterocycles. The van der Waals surface area contributed by atoms with Crippen molar-refractivity contribution in [3.05, 3.63) is 12.2 Å². The van der Waals surface area contributed by atoms with Crippen LogP contribution in [-0.4, -0.2) is 0 Å². The maximum Gasteiger partial charge on any atom is -0.0325 e. The van der Waals surface area contributed by atoms with Crippen molar-refractivity contribution >= 4 is 0 Å². The van der Waals surface area contributed by atoms with Crippen LogP contribution in [0.2, 0.25) is 0 Å². The zero-order valence-electron chi connectivity index (χ0n) is 8.27. The molecule has 0 amide bonds. The van der Waals surface area contributed by atoms with E-state index in [1.165, 1.54) is 32.1 Å². The lowest BCUT2D eigenvalue weighted by Gasteiger charge is -2.06. The Balaban J connectivity index is 3.21. The minimum absolute atomic E-state index is 0.887. The van der Waals surface area contributed by atoms with E-state index in [9.17, 15) is 0 Å². The zero-order valence-corrected chi connectivity index (χ0v) is 8.27. The molecule has 0 aliphatic carbocycles. The highest BCUT2D eigenvalue weighted by atomic mass is 14.0. The highest BCUT2D eigenvalue weighted by Gasteiger charge is 1.96. The summed E-state index contributed by atoms with van der Waals surface area (Å²) in [6.45, 7) is 6.79. The molecule has 0 heteroatoms. The van der Waals surface area contributed by atoms with Gasteiger partial charge < -0.3 is 0 Å². The molecule has 0 rings (SSSR count). The van der Waals surface area contributed by atoms with Crippen molar-refractivity contribution in [2.75, 3.05) is 0 Å². The summed E-state index contributed by atoms with van der Waals surface area (Å²) in [6.07, 6.45) is 11.2. The summed E-state index contributed by atoms with van der Waals surface area (Å²) < 4.78 is 0. The Bertz CT molecular complexity index is 92.2. The zero-order chi connectivity index (χ0) is 8.53. The fraction of sp³-hybridized carbons (Fsp3) is 0.818. The molecule has 1 atom stereocenters. The van der Waals surface area contributed by atoms with Crippen molar-refractivity contribution in [1.29, 1.82) is 0 Å². The van der Waals surface area contributed by atoms with Gasteiger partial charge in [0, 0.05) is 0 Å². The molecule has 66 valence electrons. The summed E-state index contributed by atoms with van der Waals surface area (Å²) >= 11 is 0. The van der Waals surface area contributed by atoms with Crippen LogP contribution in [0.15, 0.2) is 12.2 Å². The quantitative estimate of drug-likeness (QED) is 0.504. The van der Waals surface area contributed by atoms with Gasteiger partial charge >= 0.3 is 0 Å².